The van der Waals surface area contributed by atoms with Crippen LogP contribution in [0.3, 0.4) is 0 Å². The predicted molar refractivity (Wildman–Crippen MR) is 159 cm³/mol. The van der Waals surface area contributed by atoms with Crippen molar-refractivity contribution < 1.29 is 14.7 Å². The van der Waals surface area contributed by atoms with E-state index in [4.69, 9.17) is 10.2 Å². The van der Waals surface area contributed by atoms with Crippen molar-refractivity contribution in [3.63, 3.8) is 0 Å². The zero-order valence-electron chi connectivity index (χ0n) is 24.1. The summed E-state index contributed by atoms with van der Waals surface area (Å²) in [4.78, 5) is 23.2. The summed E-state index contributed by atoms with van der Waals surface area (Å²) >= 11 is 0. The highest BCUT2D eigenvalue weighted by molar-refractivity contribution is 5.94. The second-order valence-electron chi connectivity index (χ2n) is 10.6. The van der Waals surface area contributed by atoms with Crippen LogP contribution in [0.1, 0.15) is 114 Å². The van der Waals surface area contributed by atoms with Crippen LogP contribution >= 0.6 is 0 Å². The number of carbonyl (C=O) groups excluding carboxylic acids is 1. The lowest BCUT2D eigenvalue weighted by molar-refractivity contribution is -0.136. The van der Waals surface area contributed by atoms with Gasteiger partial charge < -0.3 is 15.7 Å². The van der Waals surface area contributed by atoms with Gasteiger partial charge in [0.15, 0.2) is 0 Å². The Morgan fingerprint density at radius 2 is 1.62 bits per heavy atom. The summed E-state index contributed by atoms with van der Waals surface area (Å²) in [5, 5.41) is 21.8. The van der Waals surface area contributed by atoms with E-state index >= 15 is 0 Å². The first-order valence-electron chi connectivity index (χ1n) is 14.7. The lowest BCUT2D eigenvalue weighted by atomic mass is 9.87. The molecule has 0 aliphatic heterocycles. The Bertz CT molecular complexity index is 1180. The summed E-state index contributed by atoms with van der Waals surface area (Å²) < 4.78 is 2.23. The summed E-state index contributed by atoms with van der Waals surface area (Å²) in [6.07, 6.45) is 9.07. The van der Waals surface area contributed by atoms with Crippen LogP contribution in [0.4, 0.5) is 5.69 Å². The van der Waals surface area contributed by atoms with Crippen molar-refractivity contribution in [2.24, 2.45) is 5.92 Å². The maximum atomic E-state index is 12.4. The molecular formula is C32H46N4O3. The third-order valence-electron chi connectivity index (χ3n) is 7.46. The molecule has 2 unspecified atom stereocenters. The highest BCUT2D eigenvalue weighted by atomic mass is 16.4. The minimum atomic E-state index is -0.931. The van der Waals surface area contributed by atoms with Gasteiger partial charge in [0.25, 0.3) is 5.91 Å². The summed E-state index contributed by atoms with van der Waals surface area (Å²) in [7, 11) is 0. The van der Waals surface area contributed by atoms with Gasteiger partial charge in [-0.25, -0.2) is 0 Å². The van der Waals surface area contributed by atoms with Gasteiger partial charge in [0.1, 0.15) is 0 Å². The van der Waals surface area contributed by atoms with Crippen molar-refractivity contribution in [3.8, 4) is 0 Å². The van der Waals surface area contributed by atoms with Crippen molar-refractivity contribution >= 4 is 28.5 Å². The van der Waals surface area contributed by atoms with Crippen LogP contribution in [0.15, 0.2) is 48.5 Å². The molecule has 3 N–H and O–H groups in total. The van der Waals surface area contributed by atoms with E-state index in [0.29, 0.717) is 17.5 Å². The van der Waals surface area contributed by atoms with Gasteiger partial charge >= 0.3 is 5.97 Å². The third kappa shape index (κ3) is 8.32. The van der Waals surface area contributed by atoms with Crippen LogP contribution in [0, 0.1) is 5.92 Å². The maximum Gasteiger partial charge on any atom is 0.305 e. The van der Waals surface area contributed by atoms with Crippen LogP contribution in [-0.4, -0.2) is 33.3 Å². The molecule has 3 rings (SSSR count). The molecular weight excluding hydrogens is 488 g/mol. The zero-order chi connectivity index (χ0) is 28.2. The predicted octanol–water partition coefficient (Wildman–Crippen LogP) is 7.75. The van der Waals surface area contributed by atoms with E-state index in [1.54, 1.807) is 12.1 Å². The number of anilines is 1. The van der Waals surface area contributed by atoms with E-state index in [1.165, 1.54) is 30.2 Å². The van der Waals surface area contributed by atoms with Crippen LogP contribution in [0.25, 0.3) is 10.9 Å². The molecule has 1 aromatic heterocycles. The largest absolute Gasteiger partial charge is 0.481 e. The monoisotopic (exact) mass is 534 g/mol. The van der Waals surface area contributed by atoms with Gasteiger partial charge in [-0.2, -0.15) is 5.10 Å². The highest BCUT2D eigenvalue weighted by Crippen LogP contribution is 2.37. The Hall–Kier alpha value is -3.35. The number of carboxylic acids is 1. The molecule has 0 aliphatic rings. The molecule has 0 radical (unpaired) electrons. The van der Waals surface area contributed by atoms with Crippen LogP contribution < -0.4 is 10.6 Å². The van der Waals surface area contributed by atoms with Crippen molar-refractivity contribution in [2.75, 3.05) is 11.9 Å². The molecule has 0 spiro atoms. The molecule has 2 atom stereocenters. The van der Waals surface area contributed by atoms with E-state index in [0.717, 1.165) is 43.5 Å². The number of nitrogens with one attached hydrogen (secondary N) is 2. The number of fused-ring (bicyclic) bond motifs is 1. The lowest BCUT2D eigenvalue weighted by Crippen LogP contribution is -2.26. The van der Waals surface area contributed by atoms with Gasteiger partial charge in [-0.1, -0.05) is 71.1 Å². The first-order valence-corrected chi connectivity index (χ1v) is 14.7. The number of nitrogens with zero attached hydrogens (tertiary/aromatic N) is 2. The average Bonchev–Trinajstić information content (AvgIpc) is 3.31. The number of unbranched alkanes of at least 4 members (excludes halogenated alkanes) is 2. The SMILES string of the molecule is CCCCCC(C)n1nc(C(Nc2ccc(C(=O)NCCC(=O)O)cc2)C(CCC)CCC)c2ccccc21. The fourth-order valence-corrected chi connectivity index (χ4v) is 5.40. The number of aromatic nitrogens is 2. The van der Waals surface area contributed by atoms with Gasteiger partial charge in [-0.15, -0.1) is 0 Å². The number of aliphatic carboxylic acids is 1. The number of hydrogen-bond acceptors (Lipinski definition) is 4. The second-order valence-corrected chi connectivity index (χ2v) is 10.6. The molecule has 0 saturated heterocycles. The van der Waals surface area contributed by atoms with E-state index in [9.17, 15) is 9.59 Å². The number of para-hydroxylation sites is 1. The number of hydrogen-bond donors (Lipinski definition) is 3. The third-order valence-corrected chi connectivity index (χ3v) is 7.46. The van der Waals surface area contributed by atoms with E-state index in [-0.39, 0.29) is 24.9 Å². The van der Waals surface area contributed by atoms with Crippen LogP contribution in [0.2, 0.25) is 0 Å². The molecule has 1 amide bonds. The first kappa shape index (κ1) is 30.2. The van der Waals surface area contributed by atoms with Crippen LogP contribution in [0.5, 0.6) is 0 Å². The Kier molecular flexibility index (Phi) is 11.8. The van der Waals surface area contributed by atoms with Crippen molar-refractivity contribution in [1.29, 1.82) is 0 Å². The molecule has 1 heterocycles. The number of carbonyl (C=O) groups is 2. The fourth-order valence-electron chi connectivity index (χ4n) is 5.40. The smallest absolute Gasteiger partial charge is 0.305 e. The molecule has 2 aromatic carbocycles. The van der Waals surface area contributed by atoms with Crippen LogP contribution in [-0.2, 0) is 4.79 Å². The molecule has 0 aliphatic carbocycles. The summed E-state index contributed by atoms with van der Waals surface area (Å²) in [5.74, 6) is -0.781. The summed E-state index contributed by atoms with van der Waals surface area (Å²) in [5.41, 5.74) is 3.73. The quantitative estimate of drug-likeness (QED) is 0.154. The highest BCUT2D eigenvalue weighted by Gasteiger charge is 2.28. The van der Waals surface area contributed by atoms with Crippen molar-refractivity contribution in [3.05, 3.63) is 59.8 Å². The number of benzene rings is 2. The molecule has 0 fully saturated rings. The number of carboxylic acid groups (broad SMARTS) is 1. The van der Waals surface area contributed by atoms with E-state index < -0.39 is 5.97 Å². The Balaban J connectivity index is 1.92. The Morgan fingerprint density at radius 1 is 0.923 bits per heavy atom. The summed E-state index contributed by atoms with van der Waals surface area (Å²) in [6.45, 7) is 9.10. The topological polar surface area (TPSA) is 96.3 Å². The summed E-state index contributed by atoms with van der Waals surface area (Å²) in [6, 6.07) is 16.4. The molecule has 0 bridgehead atoms. The Labute approximate surface area is 233 Å². The van der Waals surface area contributed by atoms with Gasteiger partial charge in [0.05, 0.1) is 23.7 Å². The van der Waals surface area contributed by atoms with Gasteiger partial charge in [-0.05, 0) is 62.4 Å². The normalized spacial score (nSPS) is 12.9. The first-order chi connectivity index (χ1) is 18.9. The zero-order valence-corrected chi connectivity index (χ0v) is 24.1. The maximum absolute atomic E-state index is 12.4. The minimum absolute atomic E-state index is 0.0362. The van der Waals surface area contributed by atoms with Crippen molar-refractivity contribution in [1.82, 2.24) is 15.1 Å². The van der Waals surface area contributed by atoms with Gasteiger partial charge in [0, 0.05) is 29.2 Å². The fraction of sp³-hybridized carbons (Fsp3) is 0.531. The van der Waals surface area contributed by atoms with Crippen molar-refractivity contribution in [2.45, 2.75) is 97.6 Å². The lowest BCUT2D eigenvalue weighted by Gasteiger charge is -2.28. The molecule has 212 valence electrons. The number of rotatable bonds is 17. The standard InChI is InChI=1S/C32H46N4O3/c1-5-8-9-14-23(4)36-28-16-11-10-15-27(28)31(35-36)30(24(12-6-2)13-7-3)34-26-19-17-25(18-20-26)32(39)33-22-21-29(37)38/h10-11,15-20,23-24,30,34H,5-9,12-14,21-22H2,1-4H3,(H,33,39)(H,37,38). The average molecular weight is 535 g/mol. The molecule has 0 saturated carbocycles. The second kappa shape index (κ2) is 15.3. The molecule has 7 nitrogen and oxygen atoms in total. The van der Waals surface area contributed by atoms with Gasteiger partial charge in [-0.3, -0.25) is 14.3 Å². The molecule has 3 aromatic rings. The van der Waals surface area contributed by atoms with E-state index in [2.05, 4.69) is 67.3 Å². The van der Waals surface area contributed by atoms with Gasteiger partial charge in [0.2, 0.25) is 0 Å². The molecule has 39 heavy (non-hydrogen) atoms. The van der Waals surface area contributed by atoms with E-state index in [1.807, 2.05) is 12.1 Å². The number of amides is 1. The Morgan fingerprint density at radius 3 is 2.26 bits per heavy atom. The molecule has 7 heteroatoms. The minimum Gasteiger partial charge on any atom is -0.481 e.